The minimum absolute atomic E-state index is 0.0134. The van der Waals surface area contributed by atoms with Gasteiger partial charge in [-0.25, -0.2) is 14.8 Å². The molecular weight excluding hydrogens is 370 g/mol. The first-order chi connectivity index (χ1) is 14.0. The van der Waals surface area contributed by atoms with Crippen LogP contribution in [0.15, 0.2) is 30.6 Å². The van der Waals surface area contributed by atoms with Crippen LogP contribution < -0.4 is 5.32 Å². The van der Waals surface area contributed by atoms with Crippen LogP contribution in [0, 0.1) is 0 Å². The number of nitrogens with one attached hydrogen (secondary N) is 1. The molecule has 2 aliphatic rings. The zero-order valence-corrected chi connectivity index (χ0v) is 16.7. The van der Waals surface area contributed by atoms with Crippen molar-refractivity contribution in [3.05, 3.63) is 53.0 Å². The largest absolute Gasteiger partial charge is 0.378 e. The maximum atomic E-state index is 12.8. The van der Waals surface area contributed by atoms with Crippen LogP contribution in [0.1, 0.15) is 47.1 Å². The second kappa shape index (κ2) is 8.16. The average molecular weight is 395 g/mol. The van der Waals surface area contributed by atoms with Crippen molar-refractivity contribution in [3.63, 3.8) is 0 Å². The van der Waals surface area contributed by atoms with Gasteiger partial charge < -0.3 is 19.9 Å². The highest BCUT2D eigenvalue weighted by atomic mass is 16.5. The smallest absolute Gasteiger partial charge is 0.320 e. The second-order valence-corrected chi connectivity index (χ2v) is 7.43. The van der Waals surface area contributed by atoms with Crippen molar-refractivity contribution < 1.29 is 14.3 Å². The summed E-state index contributed by atoms with van der Waals surface area (Å²) in [6.45, 7) is 6.95. The van der Waals surface area contributed by atoms with Gasteiger partial charge in [0.2, 0.25) is 0 Å². The van der Waals surface area contributed by atoms with E-state index >= 15 is 0 Å². The number of Topliss-reactive ketones (excluding diaryl/α,β-unsaturated/α-hetero) is 1. The lowest BCUT2D eigenvalue weighted by Crippen LogP contribution is -2.46. The number of carbonyl (C=O) groups is 2. The highest BCUT2D eigenvalue weighted by Crippen LogP contribution is 2.29. The summed E-state index contributed by atoms with van der Waals surface area (Å²) in [5, 5.41) is 3.43. The van der Waals surface area contributed by atoms with Crippen LogP contribution in [0.5, 0.6) is 0 Å². The standard InChI is InChI=1S/C21H25N5O3/c1-14(16-4-3-5-17(10-16)15(2)27)24-20-18-11-26(12-19(18)22-13-23-20)21(28)25-6-8-29-9-7-25/h3-5,10,13-14H,6-9,11-12H2,1-2H3,(H,22,23,24). The molecule has 4 rings (SSSR count). The maximum absolute atomic E-state index is 12.8. The van der Waals surface area contributed by atoms with Gasteiger partial charge in [0.05, 0.1) is 32.0 Å². The van der Waals surface area contributed by atoms with E-state index in [0.29, 0.717) is 45.0 Å². The Morgan fingerprint density at radius 3 is 2.69 bits per heavy atom. The number of benzene rings is 1. The van der Waals surface area contributed by atoms with Crippen molar-refractivity contribution >= 4 is 17.6 Å². The number of nitrogens with zero attached hydrogens (tertiary/aromatic N) is 4. The Hall–Kier alpha value is -3.00. The SMILES string of the molecule is CC(=O)c1cccc(C(C)Nc2ncnc3c2CN(C(=O)N2CCOCC2)C3)c1. The fourth-order valence-corrected chi connectivity index (χ4v) is 3.71. The molecule has 2 aliphatic heterocycles. The zero-order chi connectivity index (χ0) is 20.4. The van der Waals surface area contributed by atoms with Crippen molar-refractivity contribution in [1.29, 1.82) is 0 Å². The number of ketones is 1. The molecule has 0 spiro atoms. The molecule has 1 saturated heterocycles. The first-order valence-corrected chi connectivity index (χ1v) is 9.84. The molecule has 3 heterocycles. The zero-order valence-electron chi connectivity index (χ0n) is 16.7. The fraction of sp³-hybridized carbons (Fsp3) is 0.429. The summed E-state index contributed by atoms with van der Waals surface area (Å²) < 4.78 is 5.34. The molecular formula is C21H25N5O3. The van der Waals surface area contributed by atoms with Crippen LogP contribution in [-0.2, 0) is 17.8 Å². The van der Waals surface area contributed by atoms with Gasteiger partial charge in [0.25, 0.3) is 0 Å². The number of fused-ring (bicyclic) bond motifs is 1. The third-order valence-corrected chi connectivity index (χ3v) is 5.42. The monoisotopic (exact) mass is 395 g/mol. The van der Waals surface area contributed by atoms with Gasteiger partial charge >= 0.3 is 6.03 Å². The topological polar surface area (TPSA) is 87.7 Å². The molecule has 0 radical (unpaired) electrons. The van der Waals surface area contributed by atoms with Crippen molar-refractivity contribution in [2.45, 2.75) is 33.0 Å². The molecule has 2 aromatic rings. The molecule has 1 fully saturated rings. The summed E-state index contributed by atoms with van der Waals surface area (Å²) >= 11 is 0. The van der Waals surface area contributed by atoms with Crippen LogP contribution >= 0.6 is 0 Å². The van der Waals surface area contributed by atoms with Gasteiger partial charge in [0, 0.05) is 30.3 Å². The molecule has 1 aromatic heterocycles. The lowest BCUT2D eigenvalue weighted by Gasteiger charge is -2.30. The van der Waals surface area contributed by atoms with E-state index in [4.69, 9.17) is 4.74 Å². The van der Waals surface area contributed by atoms with Crippen LogP contribution in [0.3, 0.4) is 0 Å². The Morgan fingerprint density at radius 2 is 1.93 bits per heavy atom. The van der Waals surface area contributed by atoms with Crippen LogP contribution in [0.2, 0.25) is 0 Å². The molecule has 0 aliphatic carbocycles. The number of hydrogen-bond acceptors (Lipinski definition) is 6. The molecule has 1 N–H and O–H groups in total. The molecule has 8 nitrogen and oxygen atoms in total. The normalized spacial score (nSPS) is 17.0. The molecule has 0 saturated carbocycles. The van der Waals surface area contributed by atoms with Crippen LogP contribution in [0.4, 0.5) is 10.6 Å². The lowest BCUT2D eigenvalue weighted by atomic mass is 10.0. The Balaban J connectivity index is 1.49. The number of anilines is 1. The molecule has 2 amide bonds. The summed E-state index contributed by atoms with van der Waals surface area (Å²) in [6, 6.07) is 7.56. The van der Waals surface area contributed by atoms with Gasteiger partial charge in [-0.1, -0.05) is 18.2 Å². The van der Waals surface area contributed by atoms with Crippen molar-refractivity contribution in [1.82, 2.24) is 19.8 Å². The summed E-state index contributed by atoms with van der Waals surface area (Å²) in [6.07, 6.45) is 1.53. The third kappa shape index (κ3) is 4.07. The number of rotatable bonds is 4. The summed E-state index contributed by atoms with van der Waals surface area (Å²) in [4.78, 5) is 36.9. The summed E-state index contributed by atoms with van der Waals surface area (Å²) in [5.41, 5.74) is 3.51. The number of hydrogen-bond donors (Lipinski definition) is 1. The van der Waals surface area contributed by atoms with Crippen LogP contribution in [-0.4, -0.2) is 57.9 Å². The van der Waals surface area contributed by atoms with E-state index in [9.17, 15) is 9.59 Å². The molecule has 29 heavy (non-hydrogen) atoms. The van der Waals surface area contributed by atoms with E-state index in [1.165, 1.54) is 6.33 Å². The number of amides is 2. The highest BCUT2D eigenvalue weighted by molar-refractivity contribution is 5.94. The maximum Gasteiger partial charge on any atom is 0.320 e. The van der Waals surface area contributed by atoms with E-state index in [1.807, 2.05) is 36.1 Å². The van der Waals surface area contributed by atoms with Crippen molar-refractivity contribution in [2.24, 2.45) is 0 Å². The number of ether oxygens (including phenoxy) is 1. The number of aromatic nitrogens is 2. The average Bonchev–Trinajstić information content (AvgIpc) is 3.19. The molecule has 1 atom stereocenters. The Labute approximate surface area is 169 Å². The van der Waals surface area contributed by atoms with Gasteiger partial charge in [-0.05, 0) is 25.5 Å². The van der Waals surface area contributed by atoms with E-state index < -0.39 is 0 Å². The van der Waals surface area contributed by atoms with E-state index in [-0.39, 0.29) is 17.9 Å². The predicted molar refractivity (Wildman–Crippen MR) is 108 cm³/mol. The second-order valence-electron chi connectivity index (χ2n) is 7.43. The van der Waals surface area contributed by atoms with Gasteiger partial charge in [-0.3, -0.25) is 4.79 Å². The number of morpholine rings is 1. The number of urea groups is 1. The highest BCUT2D eigenvalue weighted by Gasteiger charge is 2.31. The molecule has 1 unspecified atom stereocenters. The fourth-order valence-electron chi connectivity index (χ4n) is 3.71. The van der Waals surface area contributed by atoms with Gasteiger partial charge in [0.1, 0.15) is 12.1 Å². The first-order valence-electron chi connectivity index (χ1n) is 9.84. The third-order valence-electron chi connectivity index (χ3n) is 5.42. The minimum atomic E-state index is -0.0442. The van der Waals surface area contributed by atoms with Gasteiger partial charge in [-0.15, -0.1) is 0 Å². The first kappa shape index (κ1) is 19.3. The summed E-state index contributed by atoms with van der Waals surface area (Å²) in [7, 11) is 0. The molecule has 1 aromatic carbocycles. The lowest BCUT2D eigenvalue weighted by molar-refractivity contribution is 0.0429. The van der Waals surface area contributed by atoms with Gasteiger partial charge in [0.15, 0.2) is 5.78 Å². The van der Waals surface area contributed by atoms with Crippen molar-refractivity contribution in [2.75, 3.05) is 31.6 Å². The Kier molecular flexibility index (Phi) is 5.44. The molecule has 152 valence electrons. The Bertz CT molecular complexity index is 926. The summed E-state index contributed by atoms with van der Waals surface area (Å²) in [5.74, 6) is 0.771. The molecule has 8 heteroatoms. The van der Waals surface area contributed by atoms with Crippen molar-refractivity contribution in [3.8, 4) is 0 Å². The van der Waals surface area contributed by atoms with Crippen LogP contribution in [0.25, 0.3) is 0 Å². The predicted octanol–water partition coefficient (Wildman–Crippen LogP) is 2.62. The molecule has 0 bridgehead atoms. The van der Waals surface area contributed by atoms with E-state index in [2.05, 4.69) is 15.3 Å². The van der Waals surface area contributed by atoms with E-state index in [1.54, 1.807) is 11.8 Å². The van der Waals surface area contributed by atoms with Gasteiger partial charge in [-0.2, -0.15) is 0 Å². The number of carbonyl (C=O) groups excluding carboxylic acids is 2. The minimum Gasteiger partial charge on any atom is -0.378 e. The quantitative estimate of drug-likeness (QED) is 0.801. The Morgan fingerprint density at radius 1 is 1.14 bits per heavy atom. The van der Waals surface area contributed by atoms with E-state index in [0.717, 1.165) is 22.6 Å².